The van der Waals surface area contributed by atoms with Crippen LogP contribution >= 0.6 is 0 Å². The minimum atomic E-state index is -4.83. The number of hydrogen-bond donors (Lipinski definition) is 4. The number of halogens is 4. The van der Waals surface area contributed by atoms with E-state index in [1.165, 1.54) is 35.7 Å². The molecular weight excluding hydrogens is 1000 g/mol. The van der Waals surface area contributed by atoms with Gasteiger partial charge >= 0.3 is 6.18 Å². The van der Waals surface area contributed by atoms with Gasteiger partial charge in [-0.15, -0.1) is 0 Å². The van der Waals surface area contributed by atoms with E-state index in [1.807, 2.05) is 11.0 Å². The fourth-order valence-corrected chi connectivity index (χ4v) is 12.0. The highest BCUT2D eigenvalue weighted by Crippen LogP contribution is 2.37. The zero-order chi connectivity index (χ0) is 53.2. The molecule has 0 radical (unpaired) electrons. The molecule has 4 aromatic rings. The van der Waals surface area contributed by atoms with Gasteiger partial charge in [-0.3, -0.25) is 29.2 Å². The maximum absolute atomic E-state index is 15.4. The summed E-state index contributed by atoms with van der Waals surface area (Å²) in [7, 11) is -4.19. The molecule has 9 rings (SSSR count). The molecule has 0 bridgehead atoms. The Hall–Kier alpha value is -6.32. The number of likely N-dealkylation sites (tertiary alicyclic amines) is 2. The number of imide groups is 1. The van der Waals surface area contributed by atoms with E-state index in [-0.39, 0.29) is 71.4 Å². The van der Waals surface area contributed by atoms with Gasteiger partial charge in [0.05, 0.1) is 40.7 Å². The second-order valence-corrected chi connectivity index (χ2v) is 22.5. The molecule has 0 spiro atoms. The number of nitrogens with one attached hydrogen (secondary N) is 3. The molecule has 3 saturated heterocycles. The first-order chi connectivity index (χ1) is 35.7. The number of aliphatic hydroxyl groups is 1. The predicted molar refractivity (Wildman–Crippen MR) is 264 cm³/mol. The Morgan fingerprint density at radius 2 is 1.69 bits per heavy atom. The molecule has 4 amide bonds. The van der Waals surface area contributed by atoms with Gasteiger partial charge in [0.15, 0.2) is 0 Å². The fraction of sp³-hybridized carbons (Fsp3) is 0.519. The molecule has 2 aromatic carbocycles. The van der Waals surface area contributed by atoms with Gasteiger partial charge in [-0.2, -0.15) is 18.3 Å². The molecule has 1 saturated carbocycles. The standard InChI is InChI=1S/C52H60F4N10O8S/c1-51(2,71)31-65-29-36(26-58-65)46-41(52(54,55)56)27-57-50(61-46)59-43-12-10-39(25-42(43)53)75(72,73)62-37-8-6-34(7-9-37)48(69)64-21-15-33(16-22-64)28-63-19-17-38(18-20-63)74-23-3-4-32-5-11-40-35(24-32)30-66(49(40)70)44-13-14-45(67)60-47(44)68/h5,10-12,24-27,29,33-34,37-38,44,62,71H,6-9,13-23,28,30-31H2,1-2H3,(H,57,59,61)(H,60,67,68). The first kappa shape index (κ1) is 53.5. The molecule has 4 aliphatic heterocycles. The van der Waals surface area contributed by atoms with Crippen LogP contribution < -0.4 is 15.4 Å². The number of fused-ring (bicyclic) bond motifs is 1. The van der Waals surface area contributed by atoms with Crippen molar-refractivity contribution in [2.75, 3.05) is 44.6 Å². The third-order valence-electron chi connectivity index (χ3n) is 14.6. The zero-order valence-electron chi connectivity index (χ0n) is 41.7. The van der Waals surface area contributed by atoms with Gasteiger partial charge in [-0.25, -0.2) is 27.5 Å². The summed E-state index contributed by atoms with van der Waals surface area (Å²) in [6, 6.07) is 7.38. The molecule has 400 valence electrons. The lowest BCUT2D eigenvalue weighted by molar-refractivity contribution is -0.138. The van der Waals surface area contributed by atoms with E-state index in [4.69, 9.17) is 4.74 Å². The number of aromatic nitrogens is 4. The lowest BCUT2D eigenvalue weighted by Gasteiger charge is -2.39. The molecule has 4 fully saturated rings. The van der Waals surface area contributed by atoms with Gasteiger partial charge < -0.3 is 29.9 Å². The van der Waals surface area contributed by atoms with E-state index < -0.39 is 56.9 Å². The summed E-state index contributed by atoms with van der Waals surface area (Å²) in [6.07, 6.45) is 4.25. The van der Waals surface area contributed by atoms with Gasteiger partial charge in [0.25, 0.3) is 5.91 Å². The van der Waals surface area contributed by atoms with E-state index in [0.29, 0.717) is 69.4 Å². The van der Waals surface area contributed by atoms with Crippen LogP contribution in [0.25, 0.3) is 11.3 Å². The van der Waals surface area contributed by atoms with E-state index in [2.05, 4.69) is 47.2 Å². The van der Waals surface area contributed by atoms with E-state index >= 15 is 4.39 Å². The zero-order valence-corrected chi connectivity index (χ0v) is 42.5. The van der Waals surface area contributed by atoms with E-state index in [1.54, 1.807) is 12.1 Å². The van der Waals surface area contributed by atoms with Crippen LogP contribution in [0.5, 0.6) is 0 Å². The number of piperidine rings is 3. The number of amides is 4. The van der Waals surface area contributed by atoms with Gasteiger partial charge in [-0.05, 0) is 120 Å². The molecule has 6 heterocycles. The van der Waals surface area contributed by atoms with Crippen molar-refractivity contribution in [1.29, 1.82) is 0 Å². The van der Waals surface area contributed by atoms with Gasteiger partial charge in [0, 0.05) is 86.7 Å². The number of carbonyl (C=O) groups is 4. The normalized spacial score (nSPS) is 21.4. The summed E-state index contributed by atoms with van der Waals surface area (Å²) in [5.74, 6) is 4.21. The smallest absolute Gasteiger partial charge is 0.389 e. The molecule has 75 heavy (non-hydrogen) atoms. The highest BCUT2D eigenvalue weighted by Gasteiger charge is 2.40. The third kappa shape index (κ3) is 13.0. The minimum Gasteiger partial charge on any atom is -0.389 e. The fourth-order valence-electron chi connectivity index (χ4n) is 10.6. The topological polar surface area (TPSA) is 221 Å². The van der Waals surface area contributed by atoms with E-state index in [0.717, 1.165) is 74.8 Å². The minimum absolute atomic E-state index is 0.00449. The number of rotatable bonds is 14. The average molecular weight is 1060 g/mol. The van der Waals surface area contributed by atoms with Crippen molar-refractivity contribution in [2.24, 2.45) is 11.8 Å². The molecule has 1 atom stereocenters. The van der Waals surface area contributed by atoms with E-state index in [9.17, 15) is 45.9 Å². The van der Waals surface area contributed by atoms with Crippen LogP contribution in [0.15, 0.2) is 59.9 Å². The number of benzene rings is 2. The molecule has 18 nitrogen and oxygen atoms in total. The number of sulfonamides is 1. The Labute approximate surface area is 432 Å². The number of hydrogen-bond acceptors (Lipinski definition) is 13. The summed E-state index contributed by atoms with van der Waals surface area (Å²) < 4.78 is 94.2. The first-order valence-electron chi connectivity index (χ1n) is 25.3. The second kappa shape index (κ2) is 22.1. The van der Waals surface area contributed by atoms with Crippen molar-refractivity contribution in [1.82, 2.24) is 44.5 Å². The van der Waals surface area contributed by atoms with Crippen molar-refractivity contribution < 1.29 is 55.0 Å². The molecule has 1 unspecified atom stereocenters. The Balaban J connectivity index is 0.676. The van der Waals surface area contributed by atoms with Crippen LogP contribution in [0.1, 0.15) is 105 Å². The molecule has 5 aliphatic rings. The lowest BCUT2D eigenvalue weighted by Crippen LogP contribution is -2.52. The van der Waals surface area contributed by atoms with Crippen LogP contribution in [-0.4, -0.2) is 135 Å². The Morgan fingerprint density at radius 1 is 0.947 bits per heavy atom. The summed E-state index contributed by atoms with van der Waals surface area (Å²) in [6.45, 7) is 7.73. The van der Waals surface area contributed by atoms with Crippen molar-refractivity contribution in [3.63, 3.8) is 0 Å². The number of nitrogens with zero attached hydrogens (tertiary/aromatic N) is 7. The lowest BCUT2D eigenvalue weighted by atomic mass is 9.85. The van der Waals surface area contributed by atoms with Gasteiger partial charge in [0.1, 0.15) is 24.0 Å². The SMILES string of the molecule is CC(C)(O)Cn1cc(-c2nc(Nc3ccc(S(=O)(=O)NC4CCC(C(=O)N5CCC(CN6CCC(OCC#Cc7ccc8c(c7)CN(C7CCC(=O)NC7=O)C8=O)CC6)CC5)CC4)cc3F)ncc2C(F)(F)F)cn1. The maximum atomic E-state index is 15.4. The van der Waals surface area contributed by atoms with Gasteiger partial charge in [0.2, 0.25) is 33.7 Å². The van der Waals surface area contributed by atoms with Crippen molar-refractivity contribution in [3.05, 3.63) is 83.1 Å². The van der Waals surface area contributed by atoms with Crippen LogP contribution in [0.3, 0.4) is 0 Å². The molecule has 2 aromatic heterocycles. The van der Waals surface area contributed by atoms with Crippen molar-refractivity contribution in [2.45, 2.75) is 126 Å². The van der Waals surface area contributed by atoms with Crippen LogP contribution in [0.4, 0.5) is 29.2 Å². The number of anilines is 2. The maximum Gasteiger partial charge on any atom is 0.419 e. The van der Waals surface area contributed by atoms with Crippen molar-refractivity contribution in [3.8, 4) is 23.1 Å². The highest BCUT2D eigenvalue weighted by molar-refractivity contribution is 7.89. The summed E-state index contributed by atoms with van der Waals surface area (Å²) >= 11 is 0. The summed E-state index contributed by atoms with van der Waals surface area (Å²) in [4.78, 5) is 63.9. The van der Waals surface area contributed by atoms with Gasteiger partial charge in [-0.1, -0.05) is 11.8 Å². The number of ether oxygens (including phenoxy) is 1. The summed E-state index contributed by atoms with van der Waals surface area (Å²) in [5, 5.41) is 19.0. The van der Waals surface area contributed by atoms with Crippen LogP contribution in [0.2, 0.25) is 0 Å². The van der Waals surface area contributed by atoms with Crippen molar-refractivity contribution >= 4 is 45.3 Å². The third-order valence-corrected chi connectivity index (χ3v) is 16.1. The van der Waals surface area contributed by atoms with Crippen LogP contribution in [0, 0.1) is 29.5 Å². The summed E-state index contributed by atoms with van der Waals surface area (Å²) in [5.41, 5.74) is -1.06. The number of carbonyl (C=O) groups excluding carboxylic acids is 4. The molecule has 23 heteroatoms. The Morgan fingerprint density at radius 3 is 2.39 bits per heavy atom. The highest BCUT2D eigenvalue weighted by atomic mass is 32.2. The Bertz CT molecular complexity index is 2980. The molecule has 1 aliphatic carbocycles. The number of alkyl halides is 3. The van der Waals surface area contributed by atoms with Crippen LogP contribution in [-0.2, 0) is 48.4 Å². The molecule has 4 N–H and O–H groups in total. The second-order valence-electron chi connectivity index (χ2n) is 20.8. The molecular formula is C52H60F4N10O8S. The first-order valence-corrected chi connectivity index (χ1v) is 26.8. The largest absolute Gasteiger partial charge is 0.419 e. The quantitative estimate of drug-likeness (QED) is 0.0709. The average Bonchev–Trinajstić information content (AvgIpc) is 3.96. The Kier molecular flexibility index (Phi) is 15.8. The predicted octanol–water partition coefficient (Wildman–Crippen LogP) is 5.38. The monoisotopic (exact) mass is 1060 g/mol.